The van der Waals surface area contributed by atoms with Crippen LogP contribution in [0.5, 0.6) is 0 Å². The molecule has 0 radical (unpaired) electrons. The van der Waals surface area contributed by atoms with E-state index in [-0.39, 0.29) is 0 Å². The number of anilines is 2. The fourth-order valence-electron chi connectivity index (χ4n) is 1.37. The molecule has 2 heterocycles. The number of nitrogen functional groups attached to an aromatic ring is 1. The van der Waals surface area contributed by atoms with Crippen LogP contribution in [0.4, 0.5) is 11.5 Å². The molecule has 2 rings (SSSR count). The monoisotopic (exact) mass is 234 g/mol. The van der Waals surface area contributed by atoms with Gasteiger partial charge in [0.25, 0.3) is 0 Å². The molecule has 2 aromatic heterocycles. The lowest BCUT2D eigenvalue weighted by atomic mass is 10.2. The molecule has 0 aliphatic heterocycles. The second-order valence-electron chi connectivity index (χ2n) is 3.59. The quantitative estimate of drug-likeness (QED) is 0.855. The zero-order valence-electron chi connectivity index (χ0n) is 9.32. The van der Waals surface area contributed by atoms with E-state index < -0.39 is 0 Å². The number of nitrogens with zero attached hydrogens (tertiary/aromatic N) is 2. The van der Waals surface area contributed by atoms with Crippen molar-refractivity contribution in [2.24, 2.45) is 0 Å². The lowest BCUT2D eigenvalue weighted by Crippen LogP contribution is -2.04. The maximum Gasteiger partial charge on any atom is 0.149 e. The van der Waals surface area contributed by atoms with Crippen molar-refractivity contribution in [3.05, 3.63) is 33.9 Å². The predicted molar refractivity (Wildman–Crippen MR) is 67.6 cm³/mol. The number of thiazole rings is 1. The summed E-state index contributed by atoms with van der Waals surface area (Å²) in [7, 11) is 0. The molecule has 0 fully saturated rings. The molecule has 4 nitrogen and oxygen atoms in total. The van der Waals surface area contributed by atoms with E-state index in [9.17, 15) is 0 Å². The van der Waals surface area contributed by atoms with Gasteiger partial charge in [-0.2, -0.15) is 0 Å². The molecular weight excluding hydrogens is 220 g/mol. The predicted octanol–water partition coefficient (Wildman–Crippen LogP) is 2.35. The van der Waals surface area contributed by atoms with E-state index in [0.717, 1.165) is 16.4 Å². The first kappa shape index (κ1) is 10.9. The Morgan fingerprint density at radius 1 is 1.38 bits per heavy atom. The largest absolute Gasteiger partial charge is 0.396 e. The smallest absolute Gasteiger partial charge is 0.149 e. The van der Waals surface area contributed by atoms with Crippen LogP contribution in [0.25, 0.3) is 0 Å². The molecule has 0 atom stereocenters. The van der Waals surface area contributed by atoms with Gasteiger partial charge in [0.2, 0.25) is 0 Å². The van der Waals surface area contributed by atoms with Gasteiger partial charge in [-0.05, 0) is 25.5 Å². The van der Waals surface area contributed by atoms with Gasteiger partial charge in [-0.25, -0.2) is 9.97 Å². The van der Waals surface area contributed by atoms with Gasteiger partial charge in [0, 0.05) is 17.3 Å². The van der Waals surface area contributed by atoms with Crippen molar-refractivity contribution in [3.8, 4) is 0 Å². The van der Waals surface area contributed by atoms with Crippen LogP contribution in [0.3, 0.4) is 0 Å². The molecule has 0 saturated heterocycles. The maximum atomic E-state index is 5.91. The van der Waals surface area contributed by atoms with Crippen LogP contribution in [0, 0.1) is 13.8 Å². The summed E-state index contributed by atoms with van der Waals surface area (Å²) >= 11 is 1.67. The van der Waals surface area contributed by atoms with Crippen molar-refractivity contribution < 1.29 is 0 Å². The molecule has 0 unspecified atom stereocenters. The van der Waals surface area contributed by atoms with Crippen LogP contribution >= 0.6 is 11.3 Å². The number of pyridine rings is 1. The summed E-state index contributed by atoms with van der Waals surface area (Å²) in [5.74, 6) is 0.742. The molecule has 0 bridgehead atoms. The second-order valence-corrected chi connectivity index (χ2v) is 4.91. The highest BCUT2D eigenvalue weighted by atomic mass is 32.1. The molecule has 16 heavy (non-hydrogen) atoms. The van der Waals surface area contributed by atoms with Crippen LogP contribution in [0.1, 0.15) is 15.4 Å². The van der Waals surface area contributed by atoms with Gasteiger partial charge in [-0.15, -0.1) is 11.3 Å². The number of hydrogen-bond donors (Lipinski definition) is 2. The van der Waals surface area contributed by atoms with Crippen molar-refractivity contribution in [1.82, 2.24) is 9.97 Å². The van der Waals surface area contributed by atoms with Gasteiger partial charge < -0.3 is 11.1 Å². The number of rotatable bonds is 3. The van der Waals surface area contributed by atoms with Gasteiger partial charge in [0.1, 0.15) is 5.82 Å². The highest BCUT2D eigenvalue weighted by Crippen LogP contribution is 2.20. The van der Waals surface area contributed by atoms with Crippen molar-refractivity contribution in [2.45, 2.75) is 20.4 Å². The number of aryl methyl sites for hydroxylation is 2. The van der Waals surface area contributed by atoms with Crippen LogP contribution in [-0.2, 0) is 6.54 Å². The third kappa shape index (κ3) is 2.30. The summed E-state index contributed by atoms with van der Waals surface area (Å²) in [5, 5.41) is 4.29. The fourth-order valence-corrected chi connectivity index (χ4v) is 2.10. The Bertz CT molecular complexity index is 492. The minimum atomic E-state index is 0.712. The Morgan fingerprint density at radius 2 is 2.19 bits per heavy atom. The van der Waals surface area contributed by atoms with E-state index in [4.69, 9.17) is 5.73 Å². The van der Waals surface area contributed by atoms with Crippen molar-refractivity contribution >= 4 is 22.8 Å². The number of nitrogens with one attached hydrogen (secondary N) is 1. The summed E-state index contributed by atoms with van der Waals surface area (Å²) in [6.45, 7) is 4.68. The summed E-state index contributed by atoms with van der Waals surface area (Å²) in [4.78, 5) is 9.59. The summed E-state index contributed by atoms with van der Waals surface area (Å²) in [6.07, 6.45) is 3.63. The molecule has 5 heteroatoms. The summed E-state index contributed by atoms with van der Waals surface area (Å²) < 4.78 is 0. The third-order valence-corrected chi connectivity index (χ3v) is 3.22. The van der Waals surface area contributed by atoms with E-state index in [2.05, 4.69) is 15.3 Å². The van der Waals surface area contributed by atoms with E-state index in [1.54, 1.807) is 17.5 Å². The molecule has 3 N–H and O–H groups in total. The normalized spacial score (nSPS) is 10.4. The van der Waals surface area contributed by atoms with Gasteiger partial charge in [-0.3, -0.25) is 0 Å². The Balaban J connectivity index is 2.07. The van der Waals surface area contributed by atoms with Crippen molar-refractivity contribution in [1.29, 1.82) is 0 Å². The fraction of sp³-hybridized carbons (Fsp3) is 0.273. The minimum Gasteiger partial charge on any atom is -0.396 e. The zero-order valence-corrected chi connectivity index (χ0v) is 10.1. The summed E-state index contributed by atoms with van der Waals surface area (Å²) in [6, 6.07) is 1.90. The van der Waals surface area contributed by atoms with E-state index >= 15 is 0 Å². The molecule has 0 amide bonds. The van der Waals surface area contributed by atoms with E-state index in [1.165, 1.54) is 4.88 Å². The Hall–Kier alpha value is -1.62. The third-order valence-electron chi connectivity index (χ3n) is 2.31. The van der Waals surface area contributed by atoms with E-state index in [1.807, 2.05) is 26.1 Å². The first-order valence-electron chi connectivity index (χ1n) is 5.03. The van der Waals surface area contributed by atoms with Gasteiger partial charge in [-0.1, -0.05) is 0 Å². The zero-order chi connectivity index (χ0) is 11.5. The molecule has 0 spiro atoms. The lowest BCUT2D eigenvalue weighted by Gasteiger charge is -2.08. The SMILES string of the molecule is Cc1ncc(CNc2nccc(C)c2N)s1. The van der Waals surface area contributed by atoms with Gasteiger partial charge in [0.05, 0.1) is 17.2 Å². The average Bonchev–Trinajstić information content (AvgIpc) is 2.67. The maximum absolute atomic E-state index is 5.91. The Labute approximate surface area is 98.6 Å². The molecule has 84 valence electrons. The number of aromatic nitrogens is 2. The van der Waals surface area contributed by atoms with E-state index in [0.29, 0.717) is 12.2 Å². The standard InChI is InChI=1S/C11H14N4S/c1-7-3-4-13-11(10(7)12)15-6-9-5-14-8(2)16-9/h3-5H,6,12H2,1-2H3,(H,13,15). The van der Waals surface area contributed by atoms with Gasteiger partial charge >= 0.3 is 0 Å². The van der Waals surface area contributed by atoms with Crippen molar-refractivity contribution in [2.75, 3.05) is 11.1 Å². The molecular formula is C11H14N4S. The highest BCUT2D eigenvalue weighted by molar-refractivity contribution is 7.11. The number of hydrogen-bond acceptors (Lipinski definition) is 5. The van der Waals surface area contributed by atoms with Crippen LogP contribution in [-0.4, -0.2) is 9.97 Å². The molecule has 2 aromatic rings. The van der Waals surface area contributed by atoms with Gasteiger partial charge in [0.15, 0.2) is 0 Å². The molecule has 0 saturated carbocycles. The molecule has 0 aromatic carbocycles. The molecule has 0 aliphatic carbocycles. The highest BCUT2D eigenvalue weighted by Gasteiger charge is 2.03. The second kappa shape index (κ2) is 4.49. The van der Waals surface area contributed by atoms with Crippen LogP contribution in [0.15, 0.2) is 18.5 Å². The van der Waals surface area contributed by atoms with Crippen molar-refractivity contribution in [3.63, 3.8) is 0 Å². The van der Waals surface area contributed by atoms with Crippen LogP contribution in [0.2, 0.25) is 0 Å². The van der Waals surface area contributed by atoms with Crippen LogP contribution < -0.4 is 11.1 Å². The summed E-state index contributed by atoms with van der Waals surface area (Å²) in [5.41, 5.74) is 7.67. The topological polar surface area (TPSA) is 63.8 Å². The average molecular weight is 234 g/mol. The minimum absolute atomic E-state index is 0.712. The lowest BCUT2D eigenvalue weighted by molar-refractivity contribution is 1.12. The Morgan fingerprint density at radius 3 is 2.88 bits per heavy atom. The first-order chi connectivity index (χ1) is 7.66. The Kier molecular flexibility index (Phi) is 3.05. The molecule has 0 aliphatic rings. The first-order valence-corrected chi connectivity index (χ1v) is 5.84. The number of nitrogens with two attached hydrogens (primary N) is 1.